The van der Waals surface area contributed by atoms with E-state index in [0.29, 0.717) is 37.9 Å². The Balaban J connectivity index is 1.23. The number of thiophene rings is 1. The third kappa shape index (κ3) is 3.87. The average Bonchev–Trinajstić information content (AvgIpc) is 3.39. The summed E-state index contributed by atoms with van der Waals surface area (Å²) in [5.74, 6) is 0.679. The Labute approximate surface area is 201 Å². The predicted octanol–water partition coefficient (Wildman–Crippen LogP) is 4.92. The third-order valence-corrected chi connectivity index (χ3v) is 7.88. The van der Waals surface area contributed by atoms with Gasteiger partial charge in [-0.3, -0.25) is 0 Å². The number of piperidine rings is 1. The van der Waals surface area contributed by atoms with E-state index in [4.69, 9.17) is 20.8 Å². The molecule has 174 valence electrons. The van der Waals surface area contributed by atoms with E-state index >= 15 is 0 Å². The third-order valence-electron chi connectivity index (χ3n) is 6.92. The Bertz CT molecular complexity index is 1270. The molecule has 3 fully saturated rings. The van der Waals surface area contributed by atoms with E-state index in [2.05, 4.69) is 20.2 Å². The maximum absolute atomic E-state index is 12.7. The van der Waals surface area contributed by atoms with Crippen molar-refractivity contribution in [2.45, 2.75) is 31.5 Å². The lowest BCUT2D eigenvalue weighted by Crippen LogP contribution is -2.59. The molecule has 1 aromatic carbocycles. The molecule has 3 aromatic rings. The molecule has 0 spiro atoms. The summed E-state index contributed by atoms with van der Waals surface area (Å²) in [5.41, 5.74) is 3.17. The van der Waals surface area contributed by atoms with Gasteiger partial charge in [0.1, 0.15) is 22.7 Å². The van der Waals surface area contributed by atoms with Crippen molar-refractivity contribution in [3.05, 3.63) is 47.4 Å². The molecule has 0 radical (unpaired) electrons. The molecule has 2 aliphatic heterocycles. The molecular formula is C25H24N4O4S. The zero-order valence-corrected chi connectivity index (χ0v) is 19.6. The second kappa shape index (κ2) is 8.22. The highest BCUT2D eigenvalue weighted by atomic mass is 32.1. The van der Waals surface area contributed by atoms with E-state index in [0.717, 1.165) is 34.2 Å². The molecule has 34 heavy (non-hydrogen) atoms. The number of hydrogen-bond donors (Lipinski definition) is 0. The zero-order chi connectivity index (χ0) is 23.3. The van der Waals surface area contributed by atoms with Crippen LogP contribution in [-0.4, -0.2) is 59.0 Å². The van der Waals surface area contributed by atoms with Crippen molar-refractivity contribution in [2.24, 2.45) is 11.8 Å². The number of hydrogen-bond acceptors (Lipinski definition) is 7. The zero-order valence-electron chi connectivity index (χ0n) is 18.8. The van der Waals surface area contributed by atoms with E-state index < -0.39 is 0 Å². The van der Waals surface area contributed by atoms with E-state index in [1.165, 1.54) is 6.33 Å². The number of rotatable bonds is 4. The quantitative estimate of drug-likeness (QED) is 0.497. The van der Waals surface area contributed by atoms with Gasteiger partial charge in [-0.05, 0) is 25.3 Å². The second-order valence-electron chi connectivity index (χ2n) is 9.53. The van der Waals surface area contributed by atoms with E-state index in [1.54, 1.807) is 11.3 Å². The van der Waals surface area contributed by atoms with Gasteiger partial charge in [0.25, 0.3) is 0 Å². The van der Waals surface area contributed by atoms with Crippen LogP contribution in [0.15, 0.2) is 36.0 Å². The number of carbonyl (C=O) groups is 1. The van der Waals surface area contributed by atoms with E-state index in [1.807, 2.05) is 36.1 Å². The molecule has 2 atom stereocenters. The molecule has 3 aliphatic rings. The summed E-state index contributed by atoms with van der Waals surface area (Å²) in [6, 6.07) is 7.51. The molecule has 8 nitrogen and oxygen atoms in total. The molecule has 2 aromatic heterocycles. The molecule has 2 saturated heterocycles. The highest BCUT2D eigenvalue weighted by Gasteiger charge is 2.47. The summed E-state index contributed by atoms with van der Waals surface area (Å²) >= 11 is 1.55. The predicted molar refractivity (Wildman–Crippen MR) is 127 cm³/mol. The van der Waals surface area contributed by atoms with Gasteiger partial charge in [-0.15, -0.1) is 11.3 Å². The monoisotopic (exact) mass is 476 g/mol. The first-order valence-corrected chi connectivity index (χ1v) is 12.3. The number of benzene rings is 1. The van der Waals surface area contributed by atoms with Crippen LogP contribution in [0.1, 0.15) is 19.8 Å². The normalized spacial score (nSPS) is 24.9. The first-order valence-electron chi connectivity index (χ1n) is 11.5. The van der Waals surface area contributed by atoms with Gasteiger partial charge >= 0.3 is 6.09 Å². The van der Waals surface area contributed by atoms with Crippen LogP contribution in [0.5, 0.6) is 5.88 Å². The van der Waals surface area contributed by atoms with Crippen molar-refractivity contribution >= 4 is 33.3 Å². The molecule has 1 aliphatic carbocycles. The Morgan fingerprint density at radius 1 is 1.21 bits per heavy atom. The van der Waals surface area contributed by atoms with Crippen LogP contribution in [0.2, 0.25) is 0 Å². The standard InChI is InChI=1S/C25H24N4O4S/c1-25(7-8-25)33-24(30)29-9-16-11-31-12-17(10-29)21(16)32-23-22-20(27-14-28-23)19(13-34-22)15-3-5-18(26-2)6-4-15/h3-6,13-14,16-17,21H,7-12H2,1H3. The molecule has 9 heteroatoms. The van der Waals surface area contributed by atoms with Gasteiger partial charge in [-0.1, -0.05) is 24.3 Å². The minimum atomic E-state index is -0.282. The van der Waals surface area contributed by atoms with Crippen molar-refractivity contribution in [1.82, 2.24) is 14.9 Å². The minimum Gasteiger partial charge on any atom is -0.472 e. The smallest absolute Gasteiger partial charge is 0.410 e. The van der Waals surface area contributed by atoms with Gasteiger partial charge in [0.15, 0.2) is 5.69 Å². The maximum atomic E-state index is 12.7. The second-order valence-corrected chi connectivity index (χ2v) is 10.4. The van der Waals surface area contributed by atoms with Crippen LogP contribution in [0, 0.1) is 18.4 Å². The van der Waals surface area contributed by atoms with Gasteiger partial charge < -0.3 is 19.1 Å². The summed E-state index contributed by atoms with van der Waals surface area (Å²) < 4.78 is 18.9. The Morgan fingerprint density at radius 3 is 2.62 bits per heavy atom. The lowest BCUT2D eigenvalue weighted by molar-refractivity contribution is -0.111. The highest BCUT2D eigenvalue weighted by molar-refractivity contribution is 7.18. The summed E-state index contributed by atoms with van der Waals surface area (Å²) in [4.78, 5) is 27.0. The maximum Gasteiger partial charge on any atom is 0.410 e. The highest BCUT2D eigenvalue weighted by Crippen LogP contribution is 2.41. The summed E-state index contributed by atoms with van der Waals surface area (Å²) in [5, 5.41) is 2.06. The molecule has 2 unspecified atom stereocenters. The van der Waals surface area contributed by atoms with E-state index in [-0.39, 0.29) is 29.6 Å². The number of carbonyl (C=O) groups excluding carboxylic acids is 1. The van der Waals surface area contributed by atoms with Crippen molar-refractivity contribution in [1.29, 1.82) is 0 Å². The largest absolute Gasteiger partial charge is 0.472 e. The fourth-order valence-corrected chi connectivity index (χ4v) is 5.72. The molecule has 0 N–H and O–H groups in total. The van der Waals surface area contributed by atoms with Crippen molar-refractivity contribution < 1.29 is 19.0 Å². The van der Waals surface area contributed by atoms with Crippen LogP contribution < -0.4 is 4.74 Å². The van der Waals surface area contributed by atoms with Crippen molar-refractivity contribution in [2.75, 3.05) is 26.3 Å². The SMILES string of the molecule is [C-]#[N+]c1ccc(-c2csc3c(OC4C5COCC4CN(C(=O)OC4(C)CC4)C5)ncnc23)cc1. The van der Waals surface area contributed by atoms with Gasteiger partial charge in [0.05, 0.1) is 25.3 Å². The van der Waals surface area contributed by atoms with Gasteiger partial charge in [-0.25, -0.2) is 19.6 Å². The molecular weight excluding hydrogens is 452 g/mol. The Kier molecular flexibility index (Phi) is 5.15. The molecule has 1 saturated carbocycles. The Morgan fingerprint density at radius 2 is 1.94 bits per heavy atom. The molecule has 6 rings (SSSR count). The minimum absolute atomic E-state index is 0.0534. The lowest BCUT2D eigenvalue weighted by atomic mass is 9.84. The average molecular weight is 477 g/mol. The van der Waals surface area contributed by atoms with Crippen LogP contribution in [0.25, 0.3) is 26.2 Å². The van der Waals surface area contributed by atoms with Crippen LogP contribution in [0.3, 0.4) is 0 Å². The van der Waals surface area contributed by atoms with E-state index in [9.17, 15) is 4.79 Å². The number of nitrogens with zero attached hydrogens (tertiary/aromatic N) is 4. The summed E-state index contributed by atoms with van der Waals surface area (Å²) in [6.45, 7) is 11.3. The number of amides is 1. The lowest BCUT2D eigenvalue weighted by Gasteiger charge is -2.46. The molecule has 2 bridgehead atoms. The van der Waals surface area contributed by atoms with Gasteiger partial charge in [0.2, 0.25) is 5.88 Å². The summed E-state index contributed by atoms with van der Waals surface area (Å²) in [7, 11) is 0. The fraction of sp³-hybridized carbons (Fsp3) is 0.440. The summed E-state index contributed by atoms with van der Waals surface area (Å²) in [6.07, 6.45) is 3.09. The van der Waals surface area contributed by atoms with Crippen molar-refractivity contribution in [3.63, 3.8) is 0 Å². The van der Waals surface area contributed by atoms with Crippen LogP contribution in [0.4, 0.5) is 10.5 Å². The van der Waals surface area contributed by atoms with Gasteiger partial charge in [-0.2, -0.15) is 0 Å². The Hall–Kier alpha value is -3.22. The fourth-order valence-electron chi connectivity index (χ4n) is 4.76. The number of ether oxygens (including phenoxy) is 3. The first-order chi connectivity index (χ1) is 16.5. The van der Waals surface area contributed by atoms with Crippen LogP contribution in [-0.2, 0) is 9.47 Å². The first kappa shape index (κ1) is 21.3. The number of likely N-dealkylation sites (tertiary alicyclic amines) is 1. The topological polar surface area (TPSA) is 78.1 Å². The molecule has 1 amide bonds. The van der Waals surface area contributed by atoms with Crippen LogP contribution >= 0.6 is 11.3 Å². The van der Waals surface area contributed by atoms with Crippen molar-refractivity contribution in [3.8, 4) is 17.0 Å². The molecule has 4 heterocycles. The van der Waals surface area contributed by atoms with Gasteiger partial charge in [0, 0.05) is 35.9 Å². The number of fused-ring (bicyclic) bond motifs is 3. The number of aromatic nitrogens is 2.